The van der Waals surface area contributed by atoms with Gasteiger partial charge in [-0.1, -0.05) is 32.2 Å². The fraction of sp³-hybridized carbons (Fsp3) is 0.625. The molecule has 0 amide bonds. The highest BCUT2D eigenvalue weighted by molar-refractivity contribution is 8.67. The summed E-state index contributed by atoms with van der Waals surface area (Å²) < 4.78 is 79.2. The monoisotopic (exact) mass is 436 g/mol. The van der Waals surface area contributed by atoms with Crippen molar-refractivity contribution in [1.82, 2.24) is 0 Å². The quantitative estimate of drug-likeness (QED) is 0.185. The van der Waals surface area contributed by atoms with E-state index in [1.54, 1.807) is 13.8 Å². The van der Waals surface area contributed by atoms with Gasteiger partial charge in [-0.2, -0.15) is 0 Å². The van der Waals surface area contributed by atoms with Crippen molar-refractivity contribution in [2.45, 2.75) is 59.0 Å². The third-order valence-electron chi connectivity index (χ3n) is 3.42. The first-order valence-electron chi connectivity index (χ1n) is 8.05. The summed E-state index contributed by atoms with van der Waals surface area (Å²) in [6.45, 7) is 9.20. The van der Waals surface area contributed by atoms with Gasteiger partial charge >= 0.3 is 0 Å². The molecule has 0 spiro atoms. The number of halogens is 5. The van der Waals surface area contributed by atoms with E-state index in [2.05, 4.69) is 0 Å². The molecule has 0 saturated heterocycles. The van der Waals surface area contributed by atoms with Gasteiger partial charge in [-0.15, -0.1) is 0 Å². The van der Waals surface area contributed by atoms with Gasteiger partial charge in [0.25, 0.3) is 0 Å². The lowest BCUT2D eigenvalue weighted by molar-refractivity contribution is 0.128. The number of rotatable bonds is 9. The van der Waals surface area contributed by atoms with Crippen LogP contribution in [0.15, 0.2) is 0 Å². The van der Waals surface area contributed by atoms with E-state index >= 15 is 0 Å². The maximum atomic E-state index is 13.9. The van der Waals surface area contributed by atoms with Gasteiger partial charge in [0.1, 0.15) is 0 Å². The molecular formula is C16H22F5O2PS2. The smallest absolute Gasteiger partial charge is 0.248 e. The predicted octanol–water partition coefficient (Wildman–Crippen LogP) is 6.72. The van der Waals surface area contributed by atoms with Gasteiger partial charge in [0, 0.05) is 11.3 Å². The molecule has 150 valence electrons. The summed E-state index contributed by atoms with van der Waals surface area (Å²) in [5, 5.41) is 0. The maximum absolute atomic E-state index is 13.9. The van der Waals surface area contributed by atoms with E-state index in [4.69, 9.17) is 20.9 Å². The number of benzene rings is 1. The molecule has 0 aliphatic carbocycles. The summed E-state index contributed by atoms with van der Waals surface area (Å²) in [5.41, 5.74) is -4.01. The Bertz CT molecular complexity index is 656. The lowest BCUT2D eigenvalue weighted by Crippen LogP contribution is -2.18. The van der Waals surface area contributed by atoms with Crippen molar-refractivity contribution in [2.75, 3.05) is 0 Å². The molecule has 0 aromatic heterocycles. The number of hydrogen-bond acceptors (Lipinski definition) is 4. The van der Waals surface area contributed by atoms with Crippen molar-refractivity contribution in [2.24, 2.45) is 5.92 Å². The molecule has 1 aromatic carbocycles. The molecule has 0 aliphatic heterocycles. The highest BCUT2D eigenvalue weighted by Gasteiger charge is 2.31. The van der Waals surface area contributed by atoms with Crippen molar-refractivity contribution in [3.8, 4) is 0 Å². The van der Waals surface area contributed by atoms with Crippen LogP contribution in [0.2, 0.25) is 0 Å². The zero-order valence-corrected chi connectivity index (χ0v) is 17.6. The molecule has 0 heterocycles. The molecule has 0 fully saturated rings. The van der Waals surface area contributed by atoms with Crippen LogP contribution in [0.25, 0.3) is 0 Å². The summed E-state index contributed by atoms with van der Waals surface area (Å²) in [4.78, 5) is 0. The zero-order chi connectivity index (χ0) is 20.2. The Labute approximate surface area is 159 Å². The Morgan fingerprint density at radius 2 is 1.35 bits per heavy atom. The van der Waals surface area contributed by atoms with Crippen molar-refractivity contribution >= 4 is 28.9 Å². The largest absolute Gasteiger partial charge is 0.319 e. The van der Waals surface area contributed by atoms with Crippen LogP contribution in [0.1, 0.15) is 46.6 Å². The summed E-state index contributed by atoms with van der Waals surface area (Å²) in [6.07, 6.45) is 0.0681. The SMILES string of the molecule is CCC(OP(=S)(OC(C)C)SCc1c(F)c(F)c(F)c(F)c1F)C(C)C. The van der Waals surface area contributed by atoms with E-state index in [1.807, 2.05) is 20.8 Å². The Morgan fingerprint density at radius 1 is 0.885 bits per heavy atom. The normalized spacial score (nSPS) is 15.5. The molecule has 0 bridgehead atoms. The minimum atomic E-state index is -3.07. The molecule has 2 nitrogen and oxygen atoms in total. The topological polar surface area (TPSA) is 18.5 Å². The molecule has 0 saturated carbocycles. The highest BCUT2D eigenvalue weighted by atomic mass is 32.9. The Morgan fingerprint density at radius 3 is 1.73 bits per heavy atom. The Kier molecular flexibility index (Phi) is 9.00. The summed E-state index contributed by atoms with van der Waals surface area (Å²) in [5.74, 6) is -10.3. The Hall–Kier alpha value is -0.210. The standard InChI is InChI=1S/C16H22F5O2PS2/c1-6-11(8(2)3)23-24(25,22-9(4)5)26-7-10-12(17)14(19)16(21)15(20)13(10)18/h8-9,11H,6-7H2,1-5H3. The molecule has 10 heteroatoms. The summed E-state index contributed by atoms with van der Waals surface area (Å²) >= 11 is 6.20. The Balaban J connectivity index is 3.14. The van der Waals surface area contributed by atoms with Crippen LogP contribution in [0.5, 0.6) is 0 Å². The lowest BCUT2D eigenvalue weighted by Gasteiger charge is -2.30. The molecule has 1 rings (SSSR count). The highest BCUT2D eigenvalue weighted by Crippen LogP contribution is 2.64. The van der Waals surface area contributed by atoms with Crippen molar-refractivity contribution < 1.29 is 31.0 Å². The molecule has 1 aromatic rings. The molecule has 2 unspecified atom stereocenters. The first-order valence-corrected chi connectivity index (χ1v) is 12.3. The predicted molar refractivity (Wildman–Crippen MR) is 98.0 cm³/mol. The van der Waals surface area contributed by atoms with E-state index in [0.717, 1.165) is 11.4 Å². The van der Waals surface area contributed by atoms with Gasteiger partial charge in [0.15, 0.2) is 23.3 Å². The van der Waals surface area contributed by atoms with Crippen LogP contribution < -0.4 is 0 Å². The molecule has 0 radical (unpaired) electrons. The van der Waals surface area contributed by atoms with Gasteiger partial charge < -0.3 is 9.05 Å². The van der Waals surface area contributed by atoms with E-state index in [-0.39, 0.29) is 18.1 Å². The molecule has 26 heavy (non-hydrogen) atoms. The third kappa shape index (κ3) is 5.89. The maximum Gasteiger partial charge on any atom is 0.248 e. The third-order valence-corrected chi connectivity index (χ3v) is 8.68. The van der Waals surface area contributed by atoms with Gasteiger partial charge in [0.05, 0.1) is 12.2 Å². The van der Waals surface area contributed by atoms with Crippen LogP contribution in [0.4, 0.5) is 22.0 Å². The second kappa shape index (κ2) is 9.82. The molecule has 0 N–H and O–H groups in total. The van der Waals surface area contributed by atoms with Crippen LogP contribution in [-0.4, -0.2) is 12.2 Å². The van der Waals surface area contributed by atoms with Crippen molar-refractivity contribution in [3.63, 3.8) is 0 Å². The fourth-order valence-electron chi connectivity index (χ4n) is 2.10. The van der Waals surface area contributed by atoms with Crippen LogP contribution >= 0.6 is 17.1 Å². The summed E-state index contributed by atoms with van der Waals surface area (Å²) in [6, 6.07) is 0. The fourth-order valence-corrected chi connectivity index (χ4v) is 7.45. The average Bonchev–Trinajstić information content (AvgIpc) is 2.55. The summed E-state index contributed by atoms with van der Waals surface area (Å²) in [7, 11) is 0. The van der Waals surface area contributed by atoms with Crippen LogP contribution in [0.3, 0.4) is 0 Å². The lowest BCUT2D eigenvalue weighted by atomic mass is 10.1. The van der Waals surface area contributed by atoms with Gasteiger partial charge in [-0.3, -0.25) is 0 Å². The van der Waals surface area contributed by atoms with E-state index < -0.39 is 46.1 Å². The van der Waals surface area contributed by atoms with Gasteiger partial charge in [-0.05, 0) is 38.0 Å². The van der Waals surface area contributed by atoms with Crippen LogP contribution in [0, 0.1) is 35.0 Å². The van der Waals surface area contributed by atoms with Crippen molar-refractivity contribution in [3.05, 3.63) is 34.6 Å². The molecular weight excluding hydrogens is 414 g/mol. The zero-order valence-electron chi connectivity index (χ0n) is 15.1. The molecule has 0 aliphatic rings. The van der Waals surface area contributed by atoms with E-state index in [0.29, 0.717) is 6.42 Å². The van der Waals surface area contributed by atoms with E-state index in [9.17, 15) is 22.0 Å². The van der Waals surface area contributed by atoms with Gasteiger partial charge in [0.2, 0.25) is 11.5 Å². The average molecular weight is 436 g/mol. The second-order valence-electron chi connectivity index (χ2n) is 6.22. The first-order chi connectivity index (χ1) is 11.9. The molecule has 2 atom stereocenters. The minimum absolute atomic E-state index is 0.118. The first kappa shape index (κ1) is 23.8. The van der Waals surface area contributed by atoms with Gasteiger partial charge in [-0.25, -0.2) is 22.0 Å². The van der Waals surface area contributed by atoms with Crippen LogP contribution in [-0.2, 0) is 26.6 Å². The number of hydrogen-bond donors (Lipinski definition) is 0. The van der Waals surface area contributed by atoms with E-state index in [1.165, 1.54) is 0 Å². The van der Waals surface area contributed by atoms with Crippen molar-refractivity contribution in [1.29, 1.82) is 0 Å². The second-order valence-corrected chi connectivity index (χ2v) is 12.4. The minimum Gasteiger partial charge on any atom is -0.319 e.